The molecule has 9 aromatic carbocycles. The van der Waals surface area contributed by atoms with Gasteiger partial charge in [0.25, 0.3) is 0 Å². The van der Waals surface area contributed by atoms with E-state index in [2.05, 4.69) is 187 Å². The van der Waals surface area contributed by atoms with Crippen molar-refractivity contribution in [2.75, 3.05) is 0 Å². The van der Waals surface area contributed by atoms with E-state index < -0.39 is 0 Å². The van der Waals surface area contributed by atoms with E-state index in [1.807, 2.05) is 6.07 Å². The molecule has 1 atom stereocenters. The van der Waals surface area contributed by atoms with E-state index in [9.17, 15) is 0 Å². The van der Waals surface area contributed by atoms with Crippen LogP contribution in [0.15, 0.2) is 210 Å². The summed E-state index contributed by atoms with van der Waals surface area (Å²) in [5, 5.41) is 11.9. The van der Waals surface area contributed by atoms with Crippen molar-refractivity contribution in [1.29, 1.82) is 0 Å². The number of aromatic nitrogens is 1. The van der Waals surface area contributed by atoms with Crippen molar-refractivity contribution in [1.82, 2.24) is 4.57 Å². The van der Waals surface area contributed by atoms with Crippen LogP contribution in [-0.2, 0) is 0 Å². The number of allylic oxidation sites excluding steroid dienone is 1. The molecular weight excluding hydrogens is 693 g/mol. The van der Waals surface area contributed by atoms with Gasteiger partial charge in [-0.15, -0.1) is 0 Å². The van der Waals surface area contributed by atoms with Crippen molar-refractivity contribution in [2.45, 2.75) is 6.04 Å². The molecule has 0 spiro atoms. The first-order valence-electron chi connectivity index (χ1n) is 19.5. The first-order chi connectivity index (χ1) is 28.2. The molecule has 0 aliphatic carbocycles. The molecule has 0 saturated carbocycles. The van der Waals surface area contributed by atoms with E-state index in [0.717, 1.165) is 72.2 Å². The Labute approximate surface area is 328 Å². The molecule has 1 aliphatic heterocycles. The smallest absolute Gasteiger partial charge is 0.159 e. The molecule has 3 heteroatoms. The molecule has 2 aromatic heterocycles. The van der Waals surface area contributed by atoms with Gasteiger partial charge < -0.3 is 8.98 Å². The lowest BCUT2D eigenvalue weighted by Gasteiger charge is -2.26. The third kappa shape index (κ3) is 4.89. The number of hydrogen-bond acceptors (Lipinski definition) is 2. The molecule has 1 unspecified atom stereocenters. The van der Waals surface area contributed by atoms with Crippen molar-refractivity contribution < 1.29 is 4.42 Å². The highest BCUT2D eigenvalue weighted by atomic mass is 16.3. The van der Waals surface area contributed by atoms with Gasteiger partial charge in [0, 0.05) is 21.5 Å². The van der Waals surface area contributed by atoms with Gasteiger partial charge in [-0.2, -0.15) is 0 Å². The molecule has 0 amide bonds. The van der Waals surface area contributed by atoms with Crippen molar-refractivity contribution in [3.63, 3.8) is 0 Å². The Hall–Kier alpha value is -7.49. The van der Waals surface area contributed by atoms with Gasteiger partial charge in [0.2, 0.25) is 0 Å². The minimum absolute atomic E-state index is 0.282. The van der Waals surface area contributed by atoms with Gasteiger partial charge in [-0.3, -0.25) is 4.99 Å². The summed E-state index contributed by atoms with van der Waals surface area (Å²) in [4.78, 5) is 5.45. The molecule has 12 rings (SSSR count). The third-order valence-electron chi connectivity index (χ3n) is 11.9. The topological polar surface area (TPSA) is 30.4 Å². The van der Waals surface area contributed by atoms with Crippen LogP contribution in [0, 0.1) is 0 Å². The number of dihydropyridines is 1. The summed E-state index contributed by atoms with van der Waals surface area (Å²) in [6, 6.07) is 65.0. The Morgan fingerprint density at radius 2 is 1.16 bits per heavy atom. The van der Waals surface area contributed by atoms with Crippen LogP contribution >= 0.6 is 0 Å². The highest BCUT2D eigenvalue weighted by Gasteiger charge is 2.27. The number of fused-ring (bicyclic) bond motifs is 10. The zero-order valence-corrected chi connectivity index (χ0v) is 31.0. The van der Waals surface area contributed by atoms with Crippen LogP contribution in [-0.4, -0.2) is 10.3 Å². The molecule has 0 N–H and O–H groups in total. The lowest BCUT2D eigenvalue weighted by molar-refractivity contribution is 0.666. The summed E-state index contributed by atoms with van der Waals surface area (Å²) < 4.78 is 9.23. The average Bonchev–Trinajstić information content (AvgIpc) is 3.81. The van der Waals surface area contributed by atoms with Crippen LogP contribution < -0.4 is 0 Å². The van der Waals surface area contributed by atoms with Crippen LogP contribution in [0.4, 0.5) is 0 Å². The van der Waals surface area contributed by atoms with E-state index in [0.29, 0.717) is 0 Å². The van der Waals surface area contributed by atoms with Gasteiger partial charge in [-0.25, -0.2) is 0 Å². The first-order valence-corrected chi connectivity index (χ1v) is 19.5. The number of nitrogens with zero attached hydrogens (tertiary/aromatic N) is 2. The van der Waals surface area contributed by atoms with Crippen LogP contribution in [0.5, 0.6) is 0 Å². The molecule has 11 aromatic rings. The SMILES string of the molecule is C=C1C(c2cc(-n3c4ccccc4c4cc5ccccc5cc43)c3oc4ccccc4c3c2)=CC(c2ccccc2)=NC1c1ccc2c(ccc3ccccc32)c1. The molecule has 0 radical (unpaired) electrons. The van der Waals surface area contributed by atoms with Crippen LogP contribution in [0.2, 0.25) is 0 Å². The fourth-order valence-corrected chi connectivity index (χ4v) is 9.19. The van der Waals surface area contributed by atoms with Crippen molar-refractivity contribution in [2.24, 2.45) is 4.99 Å². The summed E-state index contributed by atoms with van der Waals surface area (Å²) in [7, 11) is 0. The normalized spacial score (nSPS) is 14.7. The molecule has 3 nitrogen and oxygen atoms in total. The predicted octanol–water partition coefficient (Wildman–Crippen LogP) is 14.3. The Balaban J connectivity index is 1.12. The largest absolute Gasteiger partial charge is 0.454 e. The van der Waals surface area contributed by atoms with Crippen molar-refractivity contribution >= 4 is 87.3 Å². The summed E-state index contributed by atoms with van der Waals surface area (Å²) in [6.07, 6.45) is 2.23. The summed E-state index contributed by atoms with van der Waals surface area (Å²) in [6.45, 7) is 4.84. The Bertz CT molecular complexity index is 3540. The van der Waals surface area contributed by atoms with Crippen LogP contribution in [0.1, 0.15) is 22.7 Å². The molecular formula is C54H34N2O. The quantitative estimate of drug-likeness (QED) is 0.166. The fourth-order valence-electron chi connectivity index (χ4n) is 9.19. The Morgan fingerprint density at radius 3 is 2.02 bits per heavy atom. The van der Waals surface area contributed by atoms with E-state index in [4.69, 9.17) is 16.0 Å². The van der Waals surface area contributed by atoms with Gasteiger partial charge in [-0.1, -0.05) is 146 Å². The molecule has 1 aliphatic rings. The molecule has 266 valence electrons. The number of aliphatic imine (C=N–C) groups is 1. The molecule has 57 heavy (non-hydrogen) atoms. The molecule has 0 fully saturated rings. The van der Waals surface area contributed by atoms with Gasteiger partial charge in [-0.05, 0) is 109 Å². The van der Waals surface area contributed by atoms with Gasteiger partial charge in [0.05, 0.1) is 22.4 Å². The second-order valence-electron chi connectivity index (χ2n) is 15.2. The first kappa shape index (κ1) is 31.8. The zero-order chi connectivity index (χ0) is 37.6. The van der Waals surface area contributed by atoms with Gasteiger partial charge in [0.1, 0.15) is 11.6 Å². The lowest BCUT2D eigenvalue weighted by Crippen LogP contribution is -2.13. The monoisotopic (exact) mass is 726 g/mol. The van der Waals surface area contributed by atoms with Crippen LogP contribution in [0.3, 0.4) is 0 Å². The van der Waals surface area contributed by atoms with Gasteiger partial charge >= 0.3 is 0 Å². The number of benzene rings is 9. The van der Waals surface area contributed by atoms with Crippen molar-refractivity contribution in [3.8, 4) is 5.69 Å². The fraction of sp³-hybridized carbons (Fsp3) is 0.0185. The standard InChI is InChI=1S/C54H34N2O/c1-33-45(32-48(35-14-3-2-4-15-35)55-53(33)39-25-26-42-38(27-39)24-23-34-13-7-8-18-41(34)42)40-29-47-44-20-10-12-22-52(44)57-54(47)51(31-40)56-49-21-11-9-19-43(49)46-28-36-16-5-6-17-37(36)30-50(46)56/h2-32,53H,1H2. The summed E-state index contributed by atoms with van der Waals surface area (Å²) in [5.41, 5.74) is 11.2. The molecule has 0 saturated heterocycles. The minimum Gasteiger partial charge on any atom is -0.454 e. The van der Waals surface area contributed by atoms with Crippen LogP contribution in [0.25, 0.3) is 87.3 Å². The number of rotatable bonds is 4. The average molecular weight is 727 g/mol. The van der Waals surface area contributed by atoms with E-state index in [1.165, 1.54) is 43.1 Å². The number of furan rings is 1. The lowest BCUT2D eigenvalue weighted by atomic mass is 9.84. The number of para-hydroxylation sites is 2. The van der Waals surface area contributed by atoms with Crippen molar-refractivity contribution in [3.05, 3.63) is 217 Å². The maximum absolute atomic E-state index is 6.83. The Kier molecular flexibility index (Phi) is 6.84. The summed E-state index contributed by atoms with van der Waals surface area (Å²) >= 11 is 0. The third-order valence-corrected chi connectivity index (χ3v) is 11.9. The number of hydrogen-bond donors (Lipinski definition) is 0. The van der Waals surface area contributed by atoms with E-state index in [1.54, 1.807) is 0 Å². The molecule has 3 heterocycles. The Morgan fingerprint density at radius 1 is 0.474 bits per heavy atom. The van der Waals surface area contributed by atoms with E-state index in [-0.39, 0.29) is 6.04 Å². The molecule has 0 bridgehead atoms. The summed E-state index contributed by atoms with van der Waals surface area (Å²) in [5.74, 6) is 0. The highest BCUT2D eigenvalue weighted by Crippen LogP contribution is 2.45. The predicted molar refractivity (Wildman–Crippen MR) is 240 cm³/mol. The zero-order valence-electron chi connectivity index (χ0n) is 31.0. The minimum atomic E-state index is -0.282. The second-order valence-corrected chi connectivity index (χ2v) is 15.2. The maximum atomic E-state index is 6.83. The highest BCUT2D eigenvalue weighted by molar-refractivity contribution is 6.18. The van der Waals surface area contributed by atoms with E-state index >= 15 is 0 Å². The second kappa shape index (κ2) is 12.3. The maximum Gasteiger partial charge on any atom is 0.159 e. The van der Waals surface area contributed by atoms with Gasteiger partial charge in [0.15, 0.2) is 5.58 Å².